The summed E-state index contributed by atoms with van der Waals surface area (Å²) in [6, 6.07) is 5.56. The minimum Gasteiger partial charge on any atom is -0.508 e. The van der Waals surface area contributed by atoms with Gasteiger partial charge in [0.15, 0.2) is 0 Å². The van der Waals surface area contributed by atoms with Gasteiger partial charge < -0.3 is 14.6 Å². The Morgan fingerprint density at radius 1 is 1.43 bits per heavy atom. The van der Waals surface area contributed by atoms with Crippen LogP contribution in [0.1, 0.15) is 45.7 Å². The van der Waals surface area contributed by atoms with Gasteiger partial charge in [-0.3, -0.25) is 4.90 Å². The summed E-state index contributed by atoms with van der Waals surface area (Å²) >= 11 is 0. The minimum absolute atomic E-state index is 0.0555. The predicted molar refractivity (Wildman–Crippen MR) is 80.1 cm³/mol. The molecular formula is C16H23NO4. The lowest BCUT2D eigenvalue weighted by atomic mass is 10.1. The summed E-state index contributed by atoms with van der Waals surface area (Å²) in [6.07, 6.45) is 0.848. The third-order valence-corrected chi connectivity index (χ3v) is 2.77. The fourth-order valence-corrected chi connectivity index (χ4v) is 1.95. The molecule has 0 aliphatic heterocycles. The van der Waals surface area contributed by atoms with Crippen LogP contribution < -0.4 is 0 Å². The summed E-state index contributed by atoms with van der Waals surface area (Å²) in [7, 11) is 0. The van der Waals surface area contributed by atoms with Crippen LogP contribution in [-0.2, 0) is 9.53 Å². The van der Waals surface area contributed by atoms with E-state index in [1.165, 1.54) is 17.0 Å². The number of nitrogens with zero attached hydrogens (tertiary/aromatic N) is 1. The summed E-state index contributed by atoms with van der Waals surface area (Å²) < 4.78 is 5.35. The number of ether oxygens (including phenoxy) is 1. The van der Waals surface area contributed by atoms with Crippen LogP contribution in [0, 0.1) is 0 Å². The highest BCUT2D eigenvalue weighted by molar-refractivity contribution is 5.75. The number of carbonyl (C=O) groups excluding carboxylic acids is 2. The molecule has 0 heterocycles. The highest BCUT2D eigenvalue weighted by Gasteiger charge is 2.28. The highest BCUT2D eigenvalue weighted by atomic mass is 16.6. The van der Waals surface area contributed by atoms with Crippen LogP contribution in [0.25, 0.3) is 0 Å². The van der Waals surface area contributed by atoms with Crippen molar-refractivity contribution < 1.29 is 19.4 Å². The van der Waals surface area contributed by atoms with Gasteiger partial charge in [-0.05, 0) is 44.9 Å². The van der Waals surface area contributed by atoms with E-state index in [4.69, 9.17) is 4.74 Å². The predicted octanol–water partition coefficient (Wildman–Crippen LogP) is 3.28. The van der Waals surface area contributed by atoms with Crippen molar-refractivity contribution in [2.45, 2.75) is 45.8 Å². The summed E-state index contributed by atoms with van der Waals surface area (Å²) in [5.74, 6) is 0.0555. The second-order valence-electron chi connectivity index (χ2n) is 5.85. The molecule has 0 saturated carbocycles. The Bertz CT molecular complexity index is 493. The zero-order chi connectivity index (χ0) is 16.0. The van der Waals surface area contributed by atoms with Crippen LogP contribution in [0.5, 0.6) is 5.75 Å². The lowest BCUT2D eigenvalue weighted by molar-refractivity contribution is -0.112. The van der Waals surface area contributed by atoms with Gasteiger partial charge in [0.1, 0.15) is 23.7 Å². The third-order valence-electron chi connectivity index (χ3n) is 2.77. The van der Waals surface area contributed by atoms with E-state index in [1.54, 1.807) is 32.9 Å². The lowest BCUT2D eigenvalue weighted by Gasteiger charge is -2.31. The fraction of sp³-hybridized carbons (Fsp3) is 0.500. The number of amides is 1. The van der Waals surface area contributed by atoms with Gasteiger partial charge in [-0.25, -0.2) is 4.79 Å². The van der Waals surface area contributed by atoms with E-state index in [1.807, 2.05) is 6.92 Å². The molecule has 5 heteroatoms. The van der Waals surface area contributed by atoms with Crippen molar-refractivity contribution in [1.29, 1.82) is 0 Å². The summed E-state index contributed by atoms with van der Waals surface area (Å²) in [4.78, 5) is 25.1. The number of phenolic OH excluding ortho intramolecular Hbond substituents is 1. The average Bonchev–Trinajstić information content (AvgIpc) is 2.36. The Balaban J connectivity index is 3.06. The van der Waals surface area contributed by atoms with Crippen LogP contribution in [0.15, 0.2) is 24.3 Å². The molecule has 1 unspecified atom stereocenters. The molecule has 0 saturated heterocycles. The molecule has 1 amide bonds. The monoisotopic (exact) mass is 293 g/mol. The first kappa shape index (κ1) is 17.0. The van der Waals surface area contributed by atoms with Gasteiger partial charge in [0.2, 0.25) is 0 Å². The first-order valence-electron chi connectivity index (χ1n) is 7.02. The molecule has 0 fully saturated rings. The van der Waals surface area contributed by atoms with E-state index in [0.29, 0.717) is 24.8 Å². The largest absolute Gasteiger partial charge is 0.508 e. The molecule has 0 aliphatic carbocycles. The first-order chi connectivity index (χ1) is 9.78. The van der Waals surface area contributed by atoms with Crippen molar-refractivity contribution in [2.75, 3.05) is 6.54 Å². The van der Waals surface area contributed by atoms with E-state index in [-0.39, 0.29) is 5.75 Å². The number of rotatable bonds is 5. The maximum absolute atomic E-state index is 12.3. The highest BCUT2D eigenvalue weighted by Crippen LogP contribution is 2.24. The van der Waals surface area contributed by atoms with Crippen LogP contribution in [0.4, 0.5) is 4.79 Å². The number of hydrogen-bond donors (Lipinski definition) is 1. The van der Waals surface area contributed by atoms with E-state index in [9.17, 15) is 14.7 Å². The molecule has 0 bridgehead atoms. The molecule has 1 aromatic rings. The number of aromatic hydroxyl groups is 1. The van der Waals surface area contributed by atoms with Crippen molar-refractivity contribution in [3.05, 3.63) is 29.8 Å². The third kappa shape index (κ3) is 5.10. The molecule has 0 aliphatic rings. The lowest BCUT2D eigenvalue weighted by Crippen LogP contribution is -2.40. The summed E-state index contributed by atoms with van der Waals surface area (Å²) in [6.45, 7) is 7.65. The topological polar surface area (TPSA) is 66.8 Å². The van der Waals surface area contributed by atoms with Crippen molar-refractivity contribution >= 4 is 12.4 Å². The fourth-order valence-electron chi connectivity index (χ4n) is 1.95. The van der Waals surface area contributed by atoms with Crippen molar-refractivity contribution in [3.63, 3.8) is 0 Å². The number of phenols is 1. The average molecular weight is 293 g/mol. The van der Waals surface area contributed by atoms with Crippen LogP contribution >= 0.6 is 0 Å². The van der Waals surface area contributed by atoms with E-state index >= 15 is 0 Å². The van der Waals surface area contributed by atoms with E-state index in [0.717, 1.165) is 0 Å². The Kier molecular flexibility index (Phi) is 5.76. The number of carbonyl (C=O) groups is 2. The number of aldehydes is 1. The molecule has 116 valence electrons. The van der Waals surface area contributed by atoms with Crippen LogP contribution in [0.3, 0.4) is 0 Å². The normalized spacial score (nSPS) is 12.6. The Morgan fingerprint density at radius 3 is 2.57 bits per heavy atom. The van der Waals surface area contributed by atoms with Gasteiger partial charge in [0.25, 0.3) is 0 Å². The van der Waals surface area contributed by atoms with Crippen LogP contribution in [-0.4, -0.2) is 34.5 Å². The second-order valence-corrected chi connectivity index (χ2v) is 5.85. The van der Waals surface area contributed by atoms with Crippen molar-refractivity contribution in [1.82, 2.24) is 4.90 Å². The SMILES string of the molecule is CCCN(C(=O)OC(C)(C)C)C(C=O)c1cccc(O)c1. The zero-order valence-electron chi connectivity index (χ0n) is 13.0. The molecule has 1 aromatic carbocycles. The molecule has 21 heavy (non-hydrogen) atoms. The molecule has 0 spiro atoms. The van der Waals surface area contributed by atoms with E-state index < -0.39 is 17.7 Å². The standard InChI is InChI=1S/C16H23NO4/c1-5-9-17(15(20)21-16(2,3)4)14(11-18)12-7-6-8-13(19)10-12/h6-8,10-11,14,19H,5,9H2,1-4H3. The summed E-state index contributed by atoms with van der Waals surface area (Å²) in [5.41, 5.74) is -0.0701. The van der Waals surface area contributed by atoms with Crippen molar-refractivity contribution in [3.8, 4) is 5.75 Å². The molecule has 0 radical (unpaired) electrons. The Morgan fingerprint density at radius 2 is 2.10 bits per heavy atom. The molecule has 1 N–H and O–H groups in total. The molecule has 1 atom stereocenters. The molecule has 1 rings (SSSR count). The maximum Gasteiger partial charge on any atom is 0.411 e. The van der Waals surface area contributed by atoms with Gasteiger partial charge in [0, 0.05) is 6.54 Å². The quantitative estimate of drug-likeness (QED) is 0.846. The molecular weight excluding hydrogens is 270 g/mol. The van der Waals surface area contributed by atoms with Crippen molar-refractivity contribution in [2.24, 2.45) is 0 Å². The summed E-state index contributed by atoms with van der Waals surface area (Å²) in [5, 5.41) is 9.54. The second kappa shape index (κ2) is 7.11. The molecule has 0 aromatic heterocycles. The van der Waals surface area contributed by atoms with Gasteiger partial charge in [-0.2, -0.15) is 0 Å². The van der Waals surface area contributed by atoms with E-state index in [2.05, 4.69) is 0 Å². The van der Waals surface area contributed by atoms with Gasteiger partial charge in [0.05, 0.1) is 0 Å². The zero-order valence-corrected chi connectivity index (χ0v) is 13.0. The van der Waals surface area contributed by atoms with Gasteiger partial charge >= 0.3 is 6.09 Å². The maximum atomic E-state index is 12.3. The van der Waals surface area contributed by atoms with Gasteiger partial charge in [-0.15, -0.1) is 0 Å². The van der Waals surface area contributed by atoms with Crippen LogP contribution in [0.2, 0.25) is 0 Å². The number of benzene rings is 1. The first-order valence-corrected chi connectivity index (χ1v) is 7.02. The Hall–Kier alpha value is -2.04. The Labute approximate surface area is 125 Å². The minimum atomic E-state index is -0.771. The molecule has 5 nitrogen and oxygen atoms in total. The smallest absolute Gasteiger partial charge is 0.411 e. The van der Waals surface area contributed by atoms with Gasteiger partial charge in [-0.1, -0.05) is 19.1 Å². The number of hydrogen-bond acceptors (Lipinski definition) is 4.